The van der Waals surface area contributed by atoms with Gasteiger partial charge < -0.3 is 9.88 Å². The number of carbonyl (C=O) groups excluding carboxylic acids is 1. The van der Waals surface area contributed by atoms with E-state index < -0.39 is 0 Å². The van der Waals surface area contributed by atoms with Gasteiger partial charge in [0.15, 0.2) is 0 Å². The number of rotatable bonds is 4. The maximum atomic E-state index is 13.1. The molecule has 2 aromatic heterocycles. The molecule has 0 saturated heterocycles. The molecule has 7 nitrogen and oxygen atoms in total. The number of fused-ring (bicyclic) bond motifs is 2. The Hall–Kier alpha value is -2.96. The average molecular weight is 434 g/mol. The number of aromatic amines is 1. The molecule has 0 atom stereocenters. The maximum Gasteiger partial charge on any atom is 0.272 e. The standard InChI is InChI=1S/C25H31N5O2/c1-15(2)23-27-22(20-9-5-6-14-30(20)23)25(32)26-17-12-10-16(11-13-17)21-18-7-3-4-8-19(18)24(31)29-28-21/h3-4,7-8,15-17H,5-6,9-14H2,1-2H3,(H,26,32)(H,29,31)/t16-,17-. The molecule has 1 aliphatic heterocycles. The molecule has 1 fully saturated rings. The summed E-state index contributed by atoms with van der Waals surface area (Å²) in [6.07, 6.45) is 6.88. The molecular formula is C25H31N5O2. The fourth-order valence-corrected chi connectivity index (χ4v) is 5.41. The van der Waals surface area contributed by atoms with Crippen LogP contribution < -0.4 is 10.9 Å². The Morgan fingerprint density at radius 3 is 2.62 bits per heavy atom. The van der Waals surface area contributed by atoms with Crippen LogP contribution in [0.5, 0.6) is 0 Å². The van der Waals surface area contributed by atoms with Crippen molar-refractivity contribution in [2.24, 2.45) is 0 Å². The van der Waals surface area contributed by atoms with E-state index in [1.807, 2.05) is 24.3 Å². The van der Waals surface area contributed by atoms with E-state index in [1.165, 1.54) is 0 Å². The lowest BCUT2D eigenvalue weighted by Gasteiger charge is -2.29. The number of imidazole rings is 1. The Labute approximate surface area is 187 Å². The van der Waals surface area contributed by atoms with Gasteiger partial charge in [0.25, 0.3) is 11.5 Å². The number of nitrogens with one attached hydrogen (secondary N) is 2. The van der Waals surface area contributed by atoms with E-state index >= 15 is 0 Å². The largest absolute Gasteiger partial charge is 0.348 e. The van der Waals surface area contributed by atoms with Crippen LogP contribution in [0.25, 0.3) is 10.8 Å². The SMILES string of the molecule is CC(C)c1nc(C(=O)N[C@H]2CC[C@H](c3n[nH]c(=O)c4ccccc43)CC2)c2n1CCCC2. The Morgan fingerprint density at radius 2 is 1.88 bits per heavy atom. The van der Waals surface area contributed by atoms with Gasteiger partial charge in [0, 0.05) is 29.8 Å². The highest BCUT2D eigenvalue weighted by molar-refractivity contribution is 5.94. The zero-order valence-electron chi connectivity index (χ0n) is 18.9. The summed E-state index contributed by atoms with van der Waals surface area (Å²) in [5, 5.41) is 11.9. The highest BCUT2D eigenvalue weighted by atomic mass is 16.2. The normalized spacial score (nSPS) is 21.0. The van der Waals surface area contributed by atoms with Crippen molar-refractivity contribution in [2.45, 2.75) is 83.2 Å². The van der Waals surface area contributed by atoms with Crippen molar-refractivity contribution in [1.82, 2.24) is 25.1 Å². The van der Waals surface area contributed by atoms with Gasteiger partial charge in [-0.2, -0.15) is 5.10 Å². The van der Waals surface area contributed by atoms with Crippen molar-refractivity contribution in [3.8, 4) is 0 Å². The molecule has 0 unspecified atom stereocenters. The fraction of sp³-hybridized carbons (Fsp3) is 0.520. The van der Waals surface area contributed by atoms with Gasteiger partial charge in [-0.15, -0.1) is 0 Å². The molecule has 32 heavy (non-hydrogen) atoms. The minimum Gasteiger partial charge on any atom is -0.348 e. The molecule has 3 aromatic rings. The topological polar surface area (TPSA) is 92.7 Å². The van der Waals surface area contributed by atoms with Crippen molar-refractivity contribution in [2.75, 3.05) is 0 Å². The third-order valence-electron chi connectivity index (χ3n) is 7.05. The Bertz CT molecular complexity index is 1200. The summed E-state index contributed by atoms with van der Waals surface area (Å²) >= 11 is 0. The van der Waals surface area contributed by atoms with Crippen molar-refractivity contribution >= 4 is 16.7 Å². The average Bonchev–Trinajstić information content (AvgIpc) is 3.21. The van der Waals surface area contributed by atoms with E-state index in [4.69, 9.17) is 4.98 Å². The van der Waals surface area contributed by atoms with Crippen molar-refractivity contribution in [3.05, 3.63) is 57.5 Å². The lowest BCUT2D eigenvalue weighted by molar-refractivity contribution is 0.0919. The summed E-state index contributed by atoms with van der Waals surface area (Å²) < 4.78 is 2.27. The first-order chi connectivity index (χ1) is 15.5. The van der Waals surface area contributed by atoms with Crippen LogP contribution >= 0.6 is 0 Å². The smallest absolute Gasteiger partial charge is 0.272 e. The molecule has 1 amide bonds. The lowest BCUT2D eigenvalue weighted by Crippen LogP contribution is -2.38. The summed E-state index contributed by atoms with van der Waals surface area (Å²) in [5.74, 6) is 1.60. The summed E-state index contributed by atoms with van der Waals surface area (Å²) in [4.78, 5) is 30.0. The van der Waals surface area contributed by atoms with Crippen LogP contribution in [0.3, 0.4) is 0 Å². The number of amides is 1. The zero-order valence-corrected chi connectivity index (χ0v) is 18.9. The van der Waals surface area contributed by atoms with E-state index in [2.05, 4.69) is 33.9 Å². The van der Waals surface area contributed by atoms with Gasteiger partial charge in [-0.05, 0) is 51.0 Å². The predicted octanol–water partition coefficient (Wildman–Crippen LogP) is 4.04. The molecule has 0 bridgehead atoms. The van der Waals surface area contributed by atoms with E-state index in [-0.39, 0.29) is 23.4 Å². The molecule has 2 aliphatic rings. The van der Waals surface area contributed by atoms with Gasteiger partial charge in [-0.3, -0.25) is 9.59 Å². The van der Waals surface area contributed by atoms with Gasteiger partial charge in [-0.25, -0.2) is 10.1 Å². The number of benzene rings is 1. The van der Waals surface area contributed by atoms with Gasteiger partial charge in [0.2, 0.25) is 0 Å². The lowest BCUT2D eigenvalue weighted by atomic mass is 9.82. The third kappa shape index (κ3) is 3.74. The minimum atomic E-state index is -0.144. The van der Waals surface area contributed by atoms with Crippen molar-refractivity contribution in [1.29, 1.82) is 0 Å². The first kappa shape index (κ1) is 20.9. The first-order valence-corrected chi connectivity index (χ1v) is 11.9. The van der Waals surface area contributed by atoms with E-state index in [1.54, 1.807) is 0 Å². The zero-order chi connectivity index (χ0) is 22.2. The van der Waals surface area contributed by atoms with Crippen LogP contribution in [0.4, 0.5) is 0 Å². The summed E-state index contributed by atoms with van der Waals surface area (Å²) in [5.41, 5.74) is 2.56. The summed E-state index contributed by atoms with van der Waals surface area (Å²) in [6.45, 7) is 5.25. The molecular weight excluding hydrogens is 402 g/mol. The van der Waals surface area contributed by atoms with Crippen LogP contribution in [-0.2, 0) is 13.0 Å². The van der Waals surface area contributed by atoms with Crippen LogP contribution in [0.15, 0.2) is 29.1 Å². The van der Waals surface area contributed by atoms with E-state index in [9.17, 15) is 9.59 Å². The molecule has 5 rings (SSSR count). The van der Waals surface area contributed by atoms with E-state index in [0.717, 1.165) is 74.1 Å². The van der Waals surface area contributed by atoms with Crippen molar-refractivity contribution in [3.63, 3.8) is 0 Å². The highest BCUT2D eigenvalue weighted by Crippen LogP contribution is 2.34. The quantitative estimate of drug-likeness (QED) is 0.650. The number of nitrogens with zero attached hydrogens (tertiary/aromatic N) is 3. The molecule has 1 saturated carbocycles. The fourth-order valence-electron chi connectivity index (χ4n) is 5.41. The second kappa shape index (κ2) is 8.52. The Balaban J connectivity index is 1.29. The van der Waals surface area contributed by atoms with Crippen molar-refractivity contribution < 1.29 is 4.79 Å². The molecule has 168 valence electrons. The molecule has 1 aromatic carbocycles. The van der Waals surface area contributed by atoms with Gasteiger partial charge in [0.1, 0.15) is 11.5 Å². The Morgan fingerprint density at radius 1 is 1.12 bits per heavy atom. The molecule has 3 heterocycles. The molecule has 1 aliphatic carbocycles. The number of aromatic nitrogens is 4. The van der Waals surface area contributed by atoms with Gasteiger partial charge >= 0.3 is 0 Å². The molecule has 0 radical (unpaired) electrons. The second-order valence-electron chi connectivity index (χ2n) is 9.53. The second-order valence-corrected chi connectivity index (χ2v) is 9.53. The third-order valence-corrected chi connectivity index (χ3v) is 7.05. The monoisotopic (exact) mass is 433 g/mol. The van der Waals surface area contributed by atoms with Gasteiger partial charge in [0.05, 0.1) is 16.8 Å². The van der Waals surface area contributed by atoms with Crippen LogP contribution in [0.1, 0.15) is 91.9 Å². The predicted molar refractivity (Wildman–Crippen MR) is 124 cm³/mol. The van der Waals surface area contributed by atoms with Gasteiger partial charge in [-0.1, -0.05) is 32.0 Å². The molecule has 7 heteroatoms. The van der Waals surface area contributed by atoms with Crippen LogP contribution in [0, 0.1) is 0 Å². The number of carbonyl (C=O) groups is 1. The summed E-state index contributed by atoms with van der Waals surface area (Å²) in [6, 6.07) is 7.82. The van der Waals surface area contributed by atoms with Crippen LogP contribution in [-0.4, -0.2) is 31.7 Å². The Kier molecular flexibility index (Phi) is 5.57. The highest BCUT2D eigenvalue weighted by Gasteiger charge is 2.29. The first-order valence-electron chi connectivity index (χ1n) is 11.9. The molecule has 2 N–H and O–H groups in total. The number of hydrogen-bond acceptors (Lipinski definition) is 4. The summed E-state index contributed by atoms with van der Waals surface area (Å²) in [7, 11) is 0. The maximum absolute atomic E-state index is 13.1. The number of H-pyrrole nitrogens is 1. The minimum absolute atomic E-state index is 0.0291. The van der Waals surface area contributed by atoms with Crippen LogP contribution in [0.2, 0.25) is 0 Å². The number of hydrogen-bond donors (Lipinski definition) is 2. The van der Waals surface area contributed by atoms with E-state index in [0.29, 0.717) is 17.0 Å². The molecule has 0 spiro atoms.